The summed E-state index contributed by atoms with van der Waals surface area (Å²) in [4.78, 5) is 16.0. The van der Waals surface area contributed by atoms with E-state index in [1.165, 1.54) is 7.11 Å². The van der Waals surface area contributed by atoms with E-state index in [9.17, 15) is 5.11 Å². The molecule has 0 aromatic carbocycles. The molecule has 1 N–H and O–H groups in total. The molecular formula is C22H25N7O3. The summed E-state index contributed by atoms with van der Waals surface area (Å²) >= 11 is 0. The molecule has 0 spiro atoms. The largest absolute Gasteiger partial charge is 0.393 e. The number of fused-ring (bicyclic) bond motifs is 1. The van der Waals surface area contributed by atoms with Crippen LogP contribution in [0.2, 0.25) is 0 Å². The first-order valence-corrected chi connectivity index (χ1v) is 10.5. The summed E-state index contributed by atoms with van der Waals surface area (Å²) in [6, 6.07) is 9.80. The number of hydrogen-bond donors (Lipinski definition) is 1. The molecule has 0 amide bonds. The fourth-order valence-electron chi connectivity index (χ4n) is 3.86. The van der Waals surface area contributed by atoms with Crippen molar-refractivity contribution in [2.24, 2.45) is 0 Å². The Morgan fingerprint density at radius 3 is 2.75 bits per heavy atom. The Labute approximate surface area is 185 Å². The van der Waals surface area contributed by atoms with Crippen LogP contribution in [-0.4, -0.2) is 74.3 Å². The molecule has 5 heterocycles. The lowest BCUT2D eigenvalue weighted by molar-refractivity contribution is 0.0422. The Bertz CT molecular complexity index is 1230. The number of anilines is 1. The van der Waals surface area contributed by atoms with Crippen molar-refractivity contribution < 1.29 is 14.6 Å². The molecule has 5 rings (SSSR count). The first-order valence-electron chi connectivity index (χ1n) is 10.5. The quantitative estimate of drug-likeness (QED) is 0.489. The molecule has 10 heteroatoms. The van der Waals surface area contributed by atoms with Crippen molar-refractivity contribution in [3.05, 3.63) is 54.2 Å². The average Bonchev–Trinajstić information content (AvgIpc) is 3.44. The highest BCUT2D eigenvalue weighted by Crippen LogP contribution is 2.25. The Hall–Kier alpha value is -3.34. The van der Waals surface area contributed by atoms with Crippen LogP contribution in [0.15, 0.2) is 42.7 Å². The van der Waals surface area contributed by atoms with E-state index in [1.807, 2.05) is 54.0 Å². The fraction of sp³-hybridized carbons (Fsp3) is 0.364. The number of nitrogens with zero attached hydrogens (tertiary/aromatic N) is 7. The Balaban J connectivity index is 1.60. The first kappa shape index (κ1) is 20.6. The molecule has 0 bridgehead atoms. The maximum absolute atomic E-state index is 9.76. The van der Waals surface area contributed by atoms with Gasteiger partial charge >= 0.3 is 0 Å². The minimum absolute atomic E-state index is 0.215. The highest BCUT2D eigenvalue weighted by atomic mass is 16.5. The number of methoxy groups -OCH3 is 1. The monoisotopic (exact) mass is 435 g/mol. The standard InChI is InChI=1S/C22H25N7O3/c1-15-11-16(17-13-23-19-5-3-4-6-28(17)19)26-29(15)21-12-20(27-7-9-32-10-8-27)24-22(25-21)18(14-30)31-2/h3-6,11-13,18,30H,7-10,14H2,1-2H3. The summed E-state index contributed by atoms with van der Waals surface area (Å²) in [6.07, 6.45) is 3.16. The van der Waals surface area contributed by atoms with Gasteiger partial charge in [0, 0.05) is 38.2 Å². The van der Waals surface area contributed by atoms with E-state index in [0.29, 0.717) is 24.9 Å². The summed E-state index contributed by atoms with van der Waals surface area (Å²) in [5, 5.41) is 14.6. The molecule has 1 aliphatic rings. The molecule has 0 aliphatic carbocycles. The Morgan fingerprint density at radius 2 is 1.97 bits per heavy atom. The summed E-state index contributed by atoms with van der Waals surface area (Å²) in [5.74, 6) is 1.79. The van der Waals surface area contributed by atoms with Gasteiger partial charge in [0.1, 0.15) is 23.3 Å². The molecule has 166 valence electrons. The molecule has 1 unspecified atom stereocenters. The lowest BCUT2D eigenvalue weighted by Crippen LogP contribution is -2.37. The van der Waals surface area contributed by atoms with E-state index in [4.69, 9.17) is 14.6 Å². The number of aryl methyl sites for hydroxylation is 1. The third kappa shape index (κ3) is 3.72. The normalized spacial score (nSPS) is 15.4. The SMILES string of the molecule is COC(CO)c1nc(N2CCOCC2)cc(-n2nc(-c3cnc4ccccn34)cc2C)n1. The molecule has 1 saturated heterocycles. The summed E-state index contributed by atoms with van der Waals surface area (Å²) < 4.78 is 14.7. The summed E-state index contributed by atoms with van der Waals surface area (Å²) in [7, 11) is 1.54. The van der Waals surface area contributed by atoms with Gasteiger partial charge in [-0.05, 0) is 25.1 Å². The molecule has 1 aliphatic heterocycles. The van der Waals surface area contributed by atoms with E-state index in [1.54, 1.807) is 4.68 Å². The van der Waals surface area contributed by atoms with Crippen molar-refractivity contribution in [2.45, 2.75) is 13.0 Å². The van der Waals surface area contributed by atoms with Gasteiger partial charge in [-0.2, -0.15) is 5.10 Å². The van der Waals surface area contributed by atoms with Gasteiger partial charge in [-0.25, -0.2) is 19.6 Å². The van der Waals surface area contributed by atoms with Gasteiger partial charge < -0.3 is 19.5 Å². The Morgan fingerprint density at radius 1 is 1.16 bits per heavy atom. The van der Waals surface area contributed by atoms with Crippen molar-refractivity contribution in [3.8, 4) is 17.2 Å². The van der Waals surface area contributed by atoms with Gasteiger partial charge in [-0.3, -0.25) is 4.40 Å². The number of imidazole rings is 1. The predicted molar refractivity (Wildman–Crippen MR) is 118 cm³/mol. The molecule has 4 aromatic rings. The van der Waals surface area contributed by atoms with Crippen molar-refractivity contribution in [2.75, 3.05) is 44.9 Å². The number of aliphatic hydroxyl groups is 1. The van der Waals surface area contributed by atoms with E-state index in [2.05, 4.69) is 19.9 Å². The number of ether oxygens (including phenoxy) is 2. The predicted octanol–water partition coefficient (Wildman–Crippen LogP) is 1.80. The van der Waals surface area contributed by atoms with E-state index < -0.39 is 6.10 Å². The van der Waals surface area contributed by atoms with E-state index in [0.717, 1.165) is 41.6 Å². The van der Waals surface area contributed by atoms with Crippen LogP contribution in [0.3, 0.4) is 0 Å². The van der Waals surface area contributed by atoms with Crippen LogP contribution in [0.5, 0.6) is 0 Å². The van der Waals surface area contributed by atoms with Crippen molar-refractivity contribution in [1.29, 1.82) is 0 Å². The zero-order chi connectivity index (χ0) is 22.1. The zero-order valence-corrected chi connectivity index (χ0v) is 18.0. The second-order valence-corrected chi connectivity index (χ2v) is 7.60. The van der Waals surface area contributed by atoms with Gasteiger partial charge in [-0.1, -0.05) is 6.07 Å². The van der Waals surface area contributed by atoms with Gasteiger partial charge in [-0.15, -0.1) is 0 Å². The van der Waals surface area contributed by atoms with E-state index >= 15 is 0 Å². The number of aliphatic hydroxyl groups excluding tert-OH is 1. The van der Waals surface area contributed by atoms with Crippen LogP contribution in [0.1, 0.15) is 17.6 Å². The maximum atomic E-state index is 9.76. The molecular weight excluding hydrogens is 410 g/mol. The molecule has 32 heavy (non-hydrogen) atoms. The van der Waals surface area contributed by atoms with Crippen LogP contribution in [0.4, 0.5) is 5.82 Å². The third-order valence-corrected chi connectivity index (χ3v) is 5.57. The lowest BCUT2D eigenvalue weighted by atomic mass is 10.3. The highest BCUT2D eigenvalue weighted by Gasteiger charge is 2.21. The summed E-state index contributed by atoms with van der Waals surface area (Å²) in [5.41, 5.74) is 3.47. The van der Waals surface area contributed by atoms with Crippen LogP contribution in [0.25, 0.3) is 22.9 Å². The number of aromatic nitrogens is 6. The Kier molecular flexibility index (Phi) is 5.56. The van der Waals surface area contributed by atoms with Crippen LogP contribution in [0, 0.1) is 6.92 Å². The van der Waals surface area contributed by atoms with Crippen molar-refractivity contribution in [3.63, 3.8) is 0 Å². The molecule has 1 atom stereocenters. The van der Waals surface area contributed by atoms with Crippen molar-refractivity contribution in [1.82, 2.24) is 29.1 Å². The maximum Gasteiger partial charge on any atom is 0.164 e. The van der Waals surface area contributed by atoms with E-state index in [-0.39, 0.29) is 6.61 Å². The second kappa shape index (κ2) is 8.65. The highest BCUT2D eigenvalue weighted by molar-refractivity contribution is 5.61. The van der Waals surface area contributed by atoms with Crippen LogP contribution in [-0.2, 0) is 9.47 Å². The molecule has 10 nitrogen and oxygen atoms in total. The smallest absolute Gasteiger partial charge is 0.164 e. The third-order valence-electron chi connectivity index (χ3n) is 5.57. The fourth-order valence-corrected chi connectivity index (χ4v) is 3.86. The van der Waals surface area contributed by atoms with Gasteiger partial charge in [0.15, 0.2) is 11.6 Å². The first-order chi connectivity index (χ1) is 15.7. The molecule has 1 fully saturated rings. The lowest BCUT2D eigenvalue weighted by Gasteiger charge is -2.28. The van der Waals surface area contributed by atoms with Gasteiger partial charge in [0.25, 0.3) is 0 Å². The minimum Gasteiger partial charge on any atom is -0.393 e. The zero-order valence-electron chi connectivity index (χ0n) is 18.0. The average molecular weight is 435 g/mol. The number of morpholine rings is 1. The minimum atomic E-state index is -0.621. The molecule has 0 radical (unpaired) electrons. The number of pyridine rings is 1. The number of hydrogen-bond acceptors (Lipinski definition) is 8. The second-order valence-electron chi connectivity index (χ2n) is 7.60. The van der Waals surface area contributed by atoms with Crippen LogP contribution >= 0.6 is 0 Å². The molecule has 0 saturated carbocycles. The summed E-state index contributed by atoms with van der Waals surface area (Å²) in [6.45, 7) is 4.52. The van der Waals surface area contributed by atoms with Crippen LogP contribution < -0.4 is 4.90 Å². The van der Waals surface area contributed by atoms with Gasteiger partial charge in [0.05, 0.1) is 31.7 Å². The number of rotatable bonds is 6. The van der Waals surface area contributed by atoms with Crippen molar-refractivity contribution >= 4 is 11.5 Å². The van der Waals surface area contributed by atoms with Gasteiger partial charge in [0.2, 0.25) is 0 Å². The topological polar surface area (TPSA) is 103 Å². The molecule has 4 aromatic heterocycles.